The zero-order valence-electron chi connectivity index (χ0n) is 12.1. The second-order valence-electron chi connectivity index (χ2n) is 5.74. The summed E-state index contributed by atoms with van der Waals surface area (Å²) >= 11 is 0. The fourth-order valence-electron chi connectivity index (χ4n) is 3.10. The Hall–Kier alpha value is -1.88. The van der Waals surface area contributed by atoms with E-state index in [1.165, 1.54) is 11.1 Å². The van der Waals surface area contributed by atoms with E-state index in [0.29, 0.717) is 13.1 Å². The van der Waals surface area contributed by atoms with Crippen LogP contribution in [-0.2, 0) is 22.4 Å². The molecule has 0 spiro atoms. The molecule has 2 amide bonds. The number of hydrogen-bond acceptors (Lipinski definition) is 3. The number of benzene rings is 1. The molecule has 112 valence electrons. The number of nitrogens with one attached hydrogen (secondary N) is 2. The van der Waals surface area contributed by atoms with Crippen molar-refractivity contribution in [1.82, 2.24) is 15.5 Å². The number of nitrogens with zero attached hydrogens (tertiary/aromatic N) is 1. The van der Waals surface area contributed by atoms with Gasteiger partial charge in [-0.2, -0.15) is 0 Å². The molecule has 3 rings (SSSR count). The summed E-state index contributed by atoms with van der Waals surface area (Å²) < 4.78 is 0. The van der Waals surface area contributed by atoms with Gasteiger partial charge < -0.3 is 15.5 Å². The van der Waals surface area contributed by atoms with Gasteiger partial charge in [-0.1, -0.05) is 24.3 Å². The van der Waals surface area contributed by atoms with Crippen LogP contribution in [0.2, 0.25) is 0 Å². The van der Waals surface area contributed by atoms with Crippen LogP contribution in [0, 0.1) is 0 Å². The van der Waals surface area contributed by atoms with Gasteiger partial charge in [-0.3, -0.25) is 9.59 Å². The van der Waals surface area contributed by atoms with Crippen LogP contribution < -0.4 is 10.6 Å². The van der Waals surface area contributed by atoms with Crippen molar-refractivity contribution in [1.29, 1.82) is 0 Å². The molecule has 0 unspecified atom stereocenters. The molecule has 1 fully saturated rings. The highest BCUT2D eigenvalue weighted by Crippen LogP contribution is 2.21. The van der Waals surface area contributed by atoms with Gasteiger partial charge in [-0.05, 0) is 36.9 Å². The number of rotatable bonds is 1. The van der Waals surface area contributed by atoms with Gasteiger partial charge in [0.1, 0.15) is 0 Å². The first kappa shape index (κ1) is 14.1. The third kappa shape index (κ3) is 3.24. The van der Waals surface area contributed by atoms with Crippen LogP contribution in [0.3, 0.4) is 0 Å². The summed E-state index contributed by atoms with van der Waals surface area (Å²) in [4.78, 5) is 26.0. The summed E-state index contributed by atoms with van der Waals surface area (Å²) in [5, 5.41) is 6.12. The SMILES string of the molecule is O=C(NC1Cc2ccccc2C1)C(=O)N1CCCNCC1. The molecule has 2 aliphatic rings. The quantitative estimate of drug-likeness (QED) is 0.720. The van der Waals surface area contributed by atoms with Gasteiger partial charge >= 0.3 is 11.8 Å². The maximum absolute atomic E-state index is 12.2. The predicted octanol–water partition coefficient (Wildman–Crippen LogP) is 0.0919. The molecule has 1 aromatic rings. The van der Waals surface area contributed by atoms with Crippen molar-refractivity contribution in [3.63, 3.8) is 0 Å². The van der Waals surface area contributed by atoms with Crippen molar-refractivity contribution in [2.75, 3.05) is 26.2 Å². The van der Waals surface area contributed by atoms with Gasteiger partial charge in [-0.25, -0.2) is 0 Å². The fourth-order valence-corrected chi connectivity index (χ4v) is 3.10. The first-order valence-corrected chi connectivity index (χ1v) is 7.61. The van der Waals surface area contributed by atoms with Gasteiger partial charge in [0.25, 0.3) is 0 Å². The lowest BCUT2D eigenvalue weighted by Crippen LogP contribution is -2.47. The lowest BCUT2D eigenvalue weighted by molar-refractivity contribution is -0.146. The van der Waals surface area contributed by atoms with Crippen molar-refractivity contribution in [2.24, 2.45) is 0 Å². The molecule has 0 saturated carbocycles. The van der Waals surface area contributed by atoms with Crippen molar-refractivity contribution in [3.8, 4) is 0 Å². The predicted molar refractivity (Wildman–Crippen MR) is 79.8 cm³/mol. The Morgan fingerprint density at radius 1 is 1.10 bits per heavy atom. The van der Waals surface area contributed by atoms with E-state index < -0.39 is 11.8 Å². The summed E-state index contributed by atoms with van der Waals surface area (Å²) in [6, 6.07) is 8.24. The first-order chi connectivity index (χ1) is 10.2. The van der Waals surface area contributed by atoms with Crippen LogP contribution in [0.5, 0.6) is 0 Å². The lowest BCUT2D eigenvalue weighted by atomic mass is 10.1. The molecular formula is C16H21N3O2. The van der Waals surface area contributed by atoms with Crippen molar-refractivity contribution >= 4 is 11.8 Å². The Labute approximate surface area is 124 Å². The zero-order chi connectivity index (χ0) is 14.7. The second-order valence-corrected chi connectivity index (χ2v) is 5.74. The average Bonchev–Trinajstić information content (AvgIpc) is 2.71. The minimum Gasteiger partial charge on any atom is -0.344 e. The molecule has 0 atom stereocenters. The Bertz CT molecular complexity index is 511. The molecule has 2 N–H and O–H groups in total. The van der Waals surface area contributed by atoms with Crippen molar-refractivity contribution in [2.45, 2.75) is 25.3 Å². The van der Waals surface area contributed by atoms with E-state index in [1.54, 1.807) is 4.90 Å². The standard InChI is InChI=1S/C16H21N3O2/c20-15(16(21)19-8-3-6-17-7-9-19)18-14-10-12-4-1-2-5-13(12)11-14/h1-2,4-5,14,17H,3,6-11H2,(H,18,20). The van der Waals surface area contributed by atoms with E-state index in [4.69, 9.17) is 0 Å². The highest BCUT2D eigenvalue weighted by molar-refractivity contribution is 6.35. The topological polar surface area (TPSA) is 61.4 Å². The van der Waals surface area contributed by atoms with Gasteiger partial charge in [0.2, 0.25) is 0 Å². The van der Waals surface area contributed by atoms with E-state index in [-0.39, 0.29) is 6.04 Å². The van der Waals surface area contributed by atoms with Crippen LogP contribution in [0.25, 0.3) is 0 Å². The molecule has 0 radical (unpaired) electrons. The highest BCUT2D eigenvalue weighted by Gasteiger charge is 2.27. The van der Waals surface area contributed by atoms with Crippen molar-refractivity contribution < 1.29 is 9.59 Å². The molecule has 21 heavy (non-hydrogen) atoms. The van der Waals surface area contributed by atoms with E-state index >= 15 is 0 Å². The summed E-state index contributed by atoms with van der Waals surface area (Å²) in [6.45, 7) is 2.93. The number of carbonyl (C=O) groups is 2. The second kappa shape index (κ2) is 6.26. The van der Waals surface area contributed by atoms with Crippen LogP contribution in [0.4, 0.5) is 0 Å². The molecule has 1 aliphatic heterocycles. The first-order valence-electron chi connectivity index (χ1n) is 7.61. The average molecular weight is 287 g/mol. The number of fused-ring (bicyclic) bond motifs is 1. The molecule has 1 saturated heterocycles. The molecule has 1 aliphatic carbocycles. The van der Waals surface area contributed by atoms with Crippen LogP contribution >= 0.6 is 0 Å². The fraction of sp³-hybridized carbons (Fsp3) is 0.500. The molecule has 0 bridgehead atoms. The molecule has 1 aromatic carbocycles. The van der Waals surface area contributed by atoms with E-state index in [9.17, 15) is 9.59 Å². The van der Waals surface area contributed by atoms with Gasteiger partial charge in [0.05, 0.1) is 0 Å². The number of hydrogen-bond donors (Lipinski definition) is 2. The molecule has 5 nitrogen and oxygen atoms in total. The zero-order valence-corrected chi connectivity index (χ0v) is 12.1. The molecular weight excluding hydrogens is 266 g/mol. The van der Waals surface area contributed by atoms with E-state index in [0.717, 1.165) is 32.4 Å². The maximum atomic E-state index is 12.2. The Morgan fingerprint density at radius 3 is 2.52 bits per heavy atom. The van der Waals surface area contributed by atoms with Crippen LogP contribution in [0.15, 0.2) is 24.3 Å². The van der Waals surface area contributed by atoms with Crippen LogP contribution in [-0.4, -0.2) is 48.9 Å². The normalized spacial score (nSPS) is 19.0. The van der Waals surface area contributed by atoms with Crippen LogP contribution in [0.1, 0.15) is 17.5 Å². The number of amides is 2. The highest BCUT2D eigenvalue weighted by atomic mass is 16.2. The Balaban J connectivity index is 1.56. The maximum Gasteiger partial charge on any atom is 0.311 e. The lowest BCUT2D eigenvalue weighted by Gasteiger charge is -2.20. The molecule has 1 heterocycles. The largest absolute Gasteiger partial charge is 0.344 e. The number of carbonyl (C=O) groups excluding carboxylic acids is 2. The minimum absolute atomic E-state index is 0.0453. The third-order valence-corrected chi connectivity index (χ3v) is 4.21. The van der Waals surface area contributed by atoms with E-state index in [1.807, 2.05) is 12.1 Å². The van der Waals surface area contributed by atoms with Gasteiger partial charge in [0, 0.05) is 25.7 Å². The smallest absolute Gasteiger partial charge is 0.311 e. The minimum atomic E-state index is -0.463. The third-order valence-electron chi connectivity index (χ3n) is 4.21. The summed E-state index contributed by atoms with van der Waals surface area (Å²) in [7, 11) is 0. The van der Waals surface area contributed by atoms with E-state index in [2.05, 4.69) is 22.8 Å². The summed E-state index contributed by atoms with van der Waals surface area (Å²) in [5.74, 6) is -0.857. The van der Waals surface area contributed by atoms with Crippen molar-refractivity contribution in [3.05, 3.63) is 35.4 Å². The Kier molecular flexibility index (Phi) is 4.20. The van der Waals surface area contributed by atoms with Gasteiger partial charge in [-0.15, -0.1) is 0 Å². The summed E-state index contributed by atoms with van der Waals surface area (Å²) in [5.41, 5.74) is 2.54. The monoisotopic (exact) mass is 287 g/mol. The molecule has 5 heteroatoms. The Morgan fingerprint density at radius 2 is 1.81 bits per heavy atom. The summed E-state index contributed by atoms with van der Waals surface area (Å²) in [6.07, 6.45) is 2.53. The molecule has 0 aromatic heterocycles. The van der Waals surface area contributed by atoms with Gasteiger partial charge in [0.15, 0.2) is 0 Å².